The van der Waals surface area contributed by atoms with E-state index in [1.165, 1.54) is 0 Å². The molecule has 4 nitrogen and oxygen atoms in total. The summed E-state index contributed by atoms with van der Waals surface area (Å²) in [6.07, 6.45) is -3.85. The number of hydrogen-bond acceptors (Lipinski definition) is 3. The van der Waals surface area contributed by atoms with Crippen molar-refractivity contribution in [2.24, 2.45) is 0 Å². The minimum atomic E-state index is -5.15. The van der Waals surface area contributed by atoms with Crippen LogP contribution in [0.15, 0.2) is 24.3 Å². The number of carboxylic acid groups (broad SMARTS) is 1. The topological polar surface area (TPSA) is 55.8 Å². The fourth-order valence-corrected chi connectivity index (χ4v) is 1.24. The molecule has 0 saturated carbocycles. The van der Waals surface area contributed by atoms with Crippen molar-refractivity contribution >= 4 is 12.0 Å². The van der Waals surface area contributed by atoms with Gasteiger partial charge in [-0.25, -0.2) is 4.79 Å². The zero-order chi connectivity index (χ0) is 15.3. The largest absolute Gasteiger partial charge is 0.573 e. The number of rotatable bonds is 5. The van der Waals surface area contributed by atoms with Crippen molar-refractivity contribution in [2.45, 2.75) is 13.0 Å². The van der Waals surface area contributed by atoms with Crippen LogP contribution >= 0.6 is 0 Å². The molecule has 0 aliphatic carbocycles. The Morgan fingerprint density at radius 3 is 2.45 bits per heavy atom. The monoisotopic (exact) mass is 298 g/mol. The maximum atomic E-state index is 12.2. The number of carbonyl (C=O) groups is 1. The van der Waals surface area contributed by atoms with Gasteiger partial charge in [-0.05, 0) is 12.1 Å². The van der Waals surface area contributed by atoms with E-state index >= 15 is 0 Å². The molecule has 0 unspecified atom stereocenters. The molecule has 0 amide bonds. The van der Waals surface area contributed by atoms with E-state index < -0.39 is 30.4 Å². The number of ether oxygens (including phenoxy) is 2. The molecule has 0 spiro atoms. The molecule has 0 atom stereocenters. The highest BCUT2D eigenvalue weighted by Crippen LogP contribution is 2.37. The predicted molar refractivity (Wildman–Crippen MR) is 56.4 cm³/mol. The van der Waals surface area contributed by atoms with Crippen molar-refractivity contribution in [3.05, 3.63) is 29.8 Å². The average molecular weight is 298 g/mol. The van der Waals surface area contributed by atoms with Crippen molar-refractivity contribution in [3.63, 3.8) is 0 Å². The third kappa shape index (κ3) is 5.12. The molecule has 0 aliphatic rings. The Morgan fingerprint density at radius 2 is 1.95 bits per heavy atom. The molecule has 0 heterocycles. The molecule has 0 bridgehead atoms. The lowest BCUT2D eigenvalue weighted by atomic mass is 10.1. The second kappa shape index (κ2) is 6.22. The average Bonchev–Trinajstić information content (AvgIpc) is 2.27. The number of halogens is 5. The smallest absolute Gasteiger partial charge is 0.478 e. The fraction of sp³-hybridized carbons (Fsp3) is 0.182. The molecule has 0 aromatic heterocycles. The van der Waals surface area contributed by atoms with Crippen molar-refractivity contribution in [3.8, 4) is 11.5 Å². The van der Waals surface area contributed by atoms with Gasteiger partial charge < -0.3 is 14.6 Å². The van der Waals surface area contributed by atoms with Gasteiger partial charge in [-0.15, -0.1) is 13.2 Å². The van der Waals surface area contributed by atoms with Gasteiger partial charge in [0.2, 0.25) is 0 Å². The van der Waals surface area contributed by atoms with Gasteiger partial charge in [0.25, 0.3) is 0 Å². The highest BCUT2D eigenvalue weighted by Gasteiger charge is 2.33. The first-order valence-electron chi connectivity index (χ1n) is 4.93. The summed E-state index contributed by atoms with van der Waals surface area (Å²) in [5.41, 5.74) is -0.372. The van der Waals surface area contributed by atoms with E-state index in [1.54, 1.807) is 0 Å². The standard InChI is InChI=1S/C11H7F5O4/c12-10(13)19-7-3-1-2-6(4-5-8(17)18)9(7)20-11(14,15)16/h1-5,10H,(H,17,18)/b5-4+. The van der Waals surface area contributed by atoms with Crippen molar-refractivity contribution in [1.29, 1.82) is 0 Å². The summed E-state index contributed by atoms with van der Waals surface area (Å²) in [6.45, 7) is -3.36. The van der Waals surface area contributed by atoms with Gasteiger partial charge in [0.05, 0.1) is 0 Å². The van der Waals surface area contributed by atoms with E-state index in [2.05, 4.69) is 9.47 Å². The second-order valence-electron chi connectivity index (χ2n) is 3.27. The number of benzene rings is 1. The lowest BCUT2D eigenvalue weighted by molar-refractivity contribution is -0.275. The van der Waals surface area contributed by atoms with Crippen LogP contribution < -0.4 is 9.47 Å². The van der Waals surface area contributed by atoms with Gasteiger partial charge in [-0.2, -0.15) is 8.78 Å². The Balaban J connectivity index is 3.24. The number of carboxylic acids is 1. The summed E-state index contributed by atoms with van der Waals surface area (Å²) in [5.74, 6) is -3.33. The van der Waals surface area contributed by atoms with Gasteiger partial charge in [0.1, 0.15) is 0 Å². The van der Waals surface area contributed by atoms with E-state index in [-0.39, 0.29) is 5.56 Å². The summed E-state index contributed by atoms with van der Waals surface area (Å²) in [4.78, 5) is 10.3. The maximum Gasteiger partial charge on any atom is 0.573 e. The van der Waals surface area contributed by atoms with E-state index in [4.69, 9.17) is 5.11 Å². The molecule has 1 aromatic carbocycles. The van der Waals surface area contributed by atoms with Gasteiger partial charge in [0.15, 0.2) is 11.5 Å². The normalized spacial score (nSPS) is 11.9. The Morgan fingerprint density at radius 1 is 1.30 bits per heavy atom. The molecular weight excluding hydrogens is 291 g/mol. The van der Waals surface area contributed by atoms with Crippen molar-refractivity contribution in [2.75, 3.05) is 0 Å². The molecule has 9 heteroatoms. The predicted octanol–water partition coefficient (Wildman–Crippen LogP) is 3.28. The number of para-hydroxylation sites is 1. The summed E-state index contributed by atoms with van der Waals surface area (Å²) >= 11 is 0. The molecule has 1 N–H and O–H groups in total. The third-order valence-electron chi connectivity index (χ3n) is 1.85. The zero-order valence-corrected chi connectivity index (χ0v) is 9.53. The molecule has 0 aliphatic heterocycles. The summed E-state index contributed by atoms with van der Waals surface area (Å²) in [6, 6.07) is 3.01. The quantitative estimate of drug-likeness (QED) is 0.669. The highest BCUT2D eigenvalue weighted by molar-refractivity contribution is 5.86. The van der Waals surface area contributed by atoms with E-state index in [1.807, 2.05) is 0 Å². The minimum absolute atomic E-state index is 0.372. The van der Waals surface area contributed by atoms with Crippen LogP contribution in [0.5, 0.6) is 11.5 Å². The first-order valence-corrected chi connectivity index (χ1v) is 4.93. The lowest BCUT2D eigenvalue weighted by Gasteiger charge is -2.15. The first kappa shape index (κ1) is 15.7. The maximum absolute atomic E-state index is 12.2. The van der Waals surface area contributed by atoms with Crippen LogP contribution in [-0.4, -0.2) is 24.0 Å². The van der Waals surface area contributed by atoms with Crippen LogP contribution in [0.3, 0.4) is 0 Å². The second-order valence-corrected chi connectivity index (χ2v) is 3.27. The Bertz CT molecular complexity index is 510. The lowest BCUT2D eigenvalue weighted by Crippen LogP contribution is -2.19. The molecule has 0 saturated heterocycles. The number of alkyl halides is 5. The van der Waals surface area contributed by atoms with Gasteiger partial charge in [0, 0.05) is 11.6 Å². The summed E-state index contributed by atoms with van der Waals surface area (Å²) in [5, 5.41) is 8.41. The molecular formula is C11H7F5O4. The number of aliphatic carboxylic acids is 1. The molecule has 1 aromatic rings. The summed E-state index contributed by atoms with van der Waals surface area (Å²) < 4.78 is 68.4. The van der Waals surface area contributed by atoms with Crippen LogP contribution in [0, 0.1) is 0 Å². The van der Waals surface area contributed by atoms with Gasteiger partial charge in [-0.3, -0.25) is 0 Å². The molecule has 1 rings (SSSR count). The van der Waals surface area contributed by atoms with Crippen LogP contribution in [0.4, 0.5) is 22.0 Å². The Kier molecular flexibility index (Phi) is 4.89. The van der Waals surface area contributed by atoms with E-state index in [0.717, 1.165) is 24.3 Å². The third-order valence-corrected chi connectivity index (χ3v) is 1.85. The van der Waals surface area contributed by atoms with Crippen LogP contribution in [0.1, 0.15) is 5.56 Å². The van der Waals surface area contributed by atoms with Crippen molar-refractivity contribution in [1.82, 2.24) is 0 Å². The number of hydrogen-bond donors (Lipinski definition) is 1. The Hall–Kier alpha value is -2.32. The Labute approximate surface area is 109 Å². The van der Waals surface area contributed by atoms with E-state index in [0.29, 0.717) is 6.08 Å². The highest BCUT2D eigenvalue weighted by atomic mass is 19.4. The molecule has 20 heavy (non-hydrogen) atoms. The fourth-order valence-electron chi connectivity index (χ4n) is 1.24. The van der Waals surface area contributed by atoms with Gasteiger partial charge >= 0.3 is 18.9 Å². The first-order chi connectivity index (χ1) is 9.19. The van der Waals surface area contributed by atoms with Gasteiger partial charge in [-0.1, -0.05) is 12.1 Å². The van der Waals surface area contributed by atoms with Crippen LogP contribution in [0.2, 0.25) is 0 Å². The zero-order valence-electron chi connectivity index (χ0n) is 9.53. The van der Waals surface area contributed by atoms with Crippen LogP contribution in [0.25, 0.3) is 6.08 Å². The van der Waals surface area contributed by atoms with E-state index in [9.17, 15) is 26.7 Å². The molecule has 110 valence electrons. The van der Waals surface area contributed by atoms with Crippen molar-refractivity contribution < 1.29 is 41.3 Å². The minimum Gasteiger partial charge on any atom is -0.478 e. The molecule has 0 radical (unpaired) electrons. The van der Waals surface area contributed by atoms with Crippen LogP contribution in [-0.2, 0) is 4.79 Å². The molecule has 0 fully saturated rings. The summed E-state index contributed by atoms with van der Waals surface area (Å²) in [7, 11) is 0. The SMILES string of the molecule is O=C(O)/C=C/c1cccc(OC(F)F)c1OC(F)(F)F.